The highest BCUT2D eigenvalue weighted by Crippen LogP contribution is 2.20. The third-order valence-corrected chi connectivity index (χ3v) is 5.15. The van der Waals surface area contributed by atoms with Crippen LogP contribution in [0.3, 0.4) is 0 Å². The molecular weight excluding hydrogens is 354 g/mol. The number of likely N-dealkylation sites (tertiary alicyclic amines) is 1. The van der Waals surface area contributed by atoms with Crippen LogP contribution in [0.5, 0.6) is 5.75 Å². The number of hydrogen-bond acceptors (Lipinski definition) is 4. The van der Waals surface area contributed by atoms with E-state index < -0.39 is 0 Å². The van der Waals surface area contributed by atoms with Crippen LogP contribution in [0.2, 0.25) is 0 Å². The van der Waals surface area contributed by atoms with Gasteiger partial charge in [-0.05, 0) is 48.9 Å². The smallest absolute Gasteiger partial charge is 0.260 e. The molecule has 0 bridgehead atoms. The number of amides is 2. The van der Waals surface area contributed by atoms with Gasteiger partial charge in [0.15, 0.2) is 6.61 Å². The molecule has 2 amide bonds. The molecule has 0 unspecified atom stereocenters. The normalized spacial score (nSPS) is 14.5. The van der Waals surface area contributed by atoms with Crippen molar-refractivity contribution < 1.29 is 14.3 Å². The van der Waals surface area contributed by atoms with E-state index in [9.17, 15) is 9.59 Å². The van der Waals surface area contributed by atoms with Crippen molar-refractivity contribution in [2.24, 2.45) is 5.92 Å². The minimum absolute atomic E-state index is 0.0174. The minimum Gasteiger partial charge on any atom is -0.483 e. The van der Waals surface area contributed by atoms with Crippen LogP contribution in [0.1, 0.15) is 35.7 Å². The van der Waals surface area contributed by atoms with Crippen molar-refractivity contribution in [1.82, 2.24) is 15.2 Å². The predicted molar refractivity (Wildman–Crippen MR) is 107 cm³/mol. The monoisotopic (exact) mass is 381 g/mol. The second-order valence-electron chi connectivity index (χ2n) is 7.03. The van der Waals surface area contributed by atoms with Gasteiger partial charge in [-0.15, -0.1) is 0 Å². The van der Waals surface area contributed by atoms with Gasteiger partial charge in [-0.25, -0.2) is 0 Å². The fourth-order valence-corrected chi connectivity index (χ4v) is 3.39. The molecule has 0 atom stereocenters. The number of para-hydroxylation sites is 1. The predicted octanol–water partition coefficient (Wildman–Crippen LogP) is 2.69. The van der Waals surface area contributed by atoms with Gasteiger partial charge in [0, 0.05) is 32.0 Å². The van der Waals surface area contributed by atoms with Crippen LogP contribution in [-0.4, -0.2) is 47.9 Å². The largest absolute Gasteiger partial charge is 0.483 e. The molecule has 6 heteroatoms. The molecule has 0 spiro atoms. The summed E-state index contributed by atoms with van der Waals surface area (Å²) in [5.41, 5.74) is 1.68. The molecule has 3 rings (SSSR count). The first-order chi connectivity index (χ1) is 13.7. The Bertz CT molecular complexity index is 787. The van der Waals surface area contributed by atoms with Gasteiger partial charge in [0.25, 0.3) is 11.8 Å². The SMILES string of the molecule is CCc1ccccc1OCC(=O)N1CCC(CNC(=O)c2cccnc2)CC1. The van der Waals surface area contributed by atoms with E-state index in [2.05, 4.69) is 17.2 Å². The van der Waals surface area contributed by atoms with Crippen molar-refractivity contribution in [3.05, 3.63) is 59.9 Å². The summed E-state index contributed by atoms with van der Waals surface area (Å²) in [5, 5.41) is 2.96. The van der Waals surface area contributed by atoms with Crippen molar-refractivity contribution in [3.63, 3.8) is 0 Å². The number of benzene rings is 1. The number of ether oxygens (including phenoxy) is 1. The van der Waals surface area contributed by atoms with Crippen LogP contribution < -0.4 is 10.1 Å². The Hall–Kier alpha value is -2.89. The van der Waals surface area contributed by atoms with Gasteiger partial charge >= 0.3 is 0 Å². The molecule has 6 nitrogen and oxygen atoms in total. The van der Waals surface area contributed by atoms with Crippen LogP contribution in [-0.2, 0) is 11.2 Å². The Morgan fingerprint density at radius 1 is 1.18 bits per heavy atom. The number of carbonyl (C=O) groups excluding carboxylic acids is 2. The quantitative estimate of drug-likeness (QED) is 0.800. The van der Waals surface area contributed by atoms with E-state index in [0.717, 1.165) is 30.6 Å². The molecule has 0 saturated carbocycles. The lowest BCUT2D eigenvalue weighted by Gasteiger charge is -2.32. The number of rotatable bonds is 7. The maximum absolute atomic E-state index is 12.5. The Morgan fingerprint density at radius 2 is 1.96 bits per heavy atom. The molecule has 2 heterocycles. The minimum atomic E-state index is -0.102. The van der Waals surface area contributed by atoms with Crippen LogP contribution in [0, 0.1) is 5.92 Å². The maximum atomic E-state index is 12.5. The average Bonchev–Trinajstić information content (AvgIpc) is 2.77. The summed E-state index contributed by atoms with van der Waals surface area (Å²) in [7, 11) is 0. The summed E-state index contributed by atoms with van der Waals surface area (Å²) in [6.45, 7) is 4.16. The number of nitrogens with zero attached hydrogens (tertiary/aromatic N) is 2. The third kappa shape index (κ3) is 5.31. The lowest BCUT2D eigenvalue weighted by Crippen LogP contribution is -2.43. The van der Waals surface area contributed by atoms with E-state index in [-0.39, 0.29) is 18.4 Å². The van der Waals surface area contributed by atoms with Gasteiger partial charge in [-0.3, -0.25) is 14.6 Å². The molecule has 2 aromatic rings. The summed E-state index contributed by atoms with van der Waals surface area (Å²) < 4.78 is 5.74. The Labute approximate surface area is 165 Å². The highest BCUT2D eigenvalue weighted by molar-refractivity contribution is 5.93. The molecular formula is C22H27N3O3. The van der Waals surface area contributed by atoms with Gasteiger partial charge in [0.05, 0.1) is 5.56 Å². The number of aromatic nitrogens is 1. The fourth-order valence-electron chi connectivity index (χ4n) is 3.39. The molecule has 0 radical (unpaired) electrons. The topological polar surface area (TPSA) is 71.5 Å². The van der Waals surface area contributed by atoms with Crippen LogP contribution in [0.25, 0.3) is 0 Å². The zero-order valence-electron chi connectivity index (χ0n) is 16.3. The summed E-state index contributed by atoms with van der Waals surface area (Å²) in [5.74, 6) is 1.08. The van der Waals surface area contributed by atoms with Crippen molar-refractivity contribution in [1.29, 1.82) is 0 Å². The van der Waals surface area contributed by atoms with E-state index in [1.54, 1.807) is 24.5 Å². The van der Waals surface area contributed by atoms with E-state index in [0.29, 0.717) is 31.1 Å². The van der Waals surface area contributed by atoms with Crippen molar-refractivity contribution >= 4 is 11.8 Å². The maximum Gasteiger partial charge on any atom is 0.260 e. The second-order valence-corrected chi connectivity index (χ2v) is 7.03. The lowest BCUT2D eigenvalue weighted by atomic mass is 9.96. The summed E-state index contributed by atoms with van der Waals surface area (Å²) >= 11 is 0. The summed E-state index contributed by atoms with van der Waals surface area (Å²) in [6.07, 6.45) is 5.84. The lowest BCUT2D eigenvalue weighted by molar-refractivity contribution is -0.134. The molecule has 148 valence electrons. The molecule has 0 aliphatic carbocycles. The molecule has 28 heavy (non-hydrogen) atoms. The summed E-state index contributed by atoms with van der Waals surface area (Å²) in [4.78, 5) is 30.4. The van der Waals surface area contributed by atoms with E-state index in [1.165, 1.54) is 0 Å². The van der Waals surface area contributed by atoms with E-state index in [1.807, 2.05) is 29.2 Å². The second kappa shape index (κ2) is 9.88. The third-order valence-electron chi connectivity index (χ3n) is 5.15. The molecule has 1 aromatic heterocycles. The van der Waals surface area contributed by atoms with Crippen molar-refractivity contribution in [3.8, 4) is 5.75 Å². The van der Waals surface area contributed by atoms with E-state index >= 15 is 0 Å². The van der Waals surface area contributed by atoms with Crippen LogP contribution >= 0.6 is 0 Å². The number of piperidine rings is 1. The zero-order valence-corrected chi connectivity index (χ0v) is 16.3. The highest BCUT2D eigenvalue weighted by atomic mass is 16.5. The van der Waals surface area contributed by atoms with Gasteiger partial charge in [0.1, 0.15) is 5.75 Å². The number of aryl methyl sites for hydroxylation is 1. The fraction of sp³-hybridized carbons (Fsp3) is 0.409. The van der Waals surface area contributed by atoms with Crippen LogP contribution in [0.4, 0.5) is 0 Å². The highest BCUT2D eigenvalue weighted by Gasteiger charge is 2.23. The first-order valence-corrected chi connectivity index (χ1v) is 9.84. The number of carbonyl (C=O) groups is 2. The van der Waals surface area contributed by atoms with Gasteiger partial charge in [-0.1, -0.05) is 25.1 Å². The molecule has 1 N–H and O–H groups in total. The molecule has 1 aliphatic rings. The average molecular weight is 381 g/mol. The zero-order chi connectivity index (χ0) is 19.8. The number of pyridine rings is 1. The standard InChI is InChI=1S/C22H27N3O3/c1-2-18-6-3-4-8-20(18)28-16-21(26)25-12-9-17(10-13-25)14-24-22(27)19-7-5-11-23-15-19/h3-8,11,15,17H,2,9-10,12-14,16H2,1H3,(H,24,27). The molecule has 1 saturated heterocycles. The number of nitrogens with one attached hydrogen (secondary N) is 1. The summed E-state index contributed by atoms with van der Waals surface area (Å²) in [6, 6.07) is 11.3. The van der Waals surface area contributed by atoms with Gasteiger partial charge < -0.3 is 15.0 Å². The number of hydrogen-bond donors (Lipinski definition) is 1. The molecule has 1 aromatic carbocycles. The first kappa shape index (κ1) is 19.9. The Kier molecular flexibility index (Phi) is 7.00. The van der Waals surface area contributed by atoms with Gasteiger partial charge in [-0.2, -0.15) is 0 Å². The first-order valence-electron chi connectivity index (χ1n) is 9.84. The Balaban J connectivity index is 1.40. The molecule has 1 aliphatic heterocycles. The van der Waals surface area contributed by atoms with Gasteiger partial charge in [0.2, 0.25) is 0 Å². The Morgan fingerprint density at radius 3 is 2.68 bits per heavy atom. The van der Waals surface area contributed by atoms with Crippen LogP contribution in [0.15, 0.2) is 48.8 Å². The van der Waals surface area contributed by atoms with E-state index in [4.69, 9.17) is 4.74 Å². The molecule has 1 fully saturated rings. The van der Waals surface area contributed by atoms with Crippen molar-refractivity contribution in [2.45, 2.75) is 26.2 Å². The van der Waals surface area contributed by atoms with Crippen molar-refractivity contribution in [2.75, 3.05) is 26.2 Å².